The van der Waals surface area contributed by atoms with E-state index in [9.17, 15) is 0 Å². The molecule has 0 aliphatic carbocycles. The number of hydrogen-bond acceptors (Lipinski definition) is 2. The van der Waals surface area contributed by atoms with Gasteiger partial charge in [0.15, 0.2) is 0 Å². The standard InChI is InChI=1S/C15H22Br2N2/c1-12(2)11-18-5-7-19(8-6-18)14-4-3-13(10-16)15(17)9-14/h3-4,9,12H,5-8,10-11H2,1-2H3. The molecule has 4 heteroatoms. The summed E-state index contributed by atoms with van der Waals surface area (Å²) in [7, 11) is 0. The Morgan fingerprint density at radius 2 is 1.84 bits per heavy atom. The van der Waals surface area contributed by atoms with E-state index in [1.165, 1.54) is 35.4 Å². The average Bonchev–Trinajstić information content (AvgIpc) is 2.39. The molecule has 1 aromatic carbocycles. The van der Waals surface area contributed by atoms with Crippen LogP contribution in [0.2, 0.25) is 0 Å². The summed E-state index contributed by atoms with van der Waals surface area (Å²) in [5.74, 6) is 0.763. The second-order valence-electron chi connectivity index (χ2n) is 5.59. The van der Waals surface area contributed by atoms with Gasteiger partial charge in [0.2, 0.25) is 0 Å². The summed E-state index contributed by atoms with van der Waals surface area (Å²) >= 11 is 7.16. The normalized spacial score (nSPS) is 17.2. The molecule has 2 rings (SSSR count). The lowest BCUT2D eigenvalue weighted by molar-refractivity contribution is 0.231. The molecule has 1 aliphatic rings. The summed E-state index contributed by atoms with van der Waals surface area (Å²) < 4.78 is 1.20. The minimum atomic E-state index is 0.763. The van der Waals surface area contributed by atoms with E-state index >= 15 is 0 Å². The molecule has 0 aromatic heterocycles. The number of rotatable bonds is 4. The lowest BCUT2D eigenvalue weighted by Crippen LogP contribution is -2.47. The van der Waals surface area contributed by atoms with Gasteiger partial charge in [-0.1, -0.05) is 51.8 Å². The van der Waals surface area contributed by atoms with Gasteiger partial charge in [-0.05, 0) is 23.6 Å². The highest BCUT2D eigenvalue weighted by atomic mass is 79.9. The summed E-state index contributed by atoms with van der Waals surface area (Å²) in [6.45, 7) is 10.4. The maximum atomic E-state index is 3.65. The number of anilines is 1. The monoisotopic (exact) mass is 388 g/mol. The van der Waals surface area contributed by atoms with Crippen LogP contribution in [0.4, 0.5) is 5.69 Å². The lowest BCUT2D eigenvalue weighted by Gasteiger charge is -2.37. The molecular weight excluding hydrogens is 368 g/mol. The average molecular weight is 390 g/mol. The van der Waals surface area contributed by atoms with E-state index in [1.807, 2.05) is 0 Å². The van der Waals surface area contributed by atoms with Crippen LogP contribution in [0.3, 0.4) is 0 Å². The highest BCUT2D eigenvalue weighted by Crippen LogP contribution is 2.26. The first-order valence-electron chi connectivity index (χ1n) is 6.92. The van der Waals surface area contributed by atoms with Crippen molar-refractivity contribution in [3.8, 4) is 0 Å². The zero-order chi connectivity index (χ0) is 13.8. The van der Waals surface area contributed by atoms with E-state index in [2.05, 4.69) is 73.7 Å². The molecule has 1 fully saturated rings. The molecule has 0 spiro atoms. The van der Waals surface area contributed by atoms with Crippen LogP contribution in [0.15, 0.2) is 22.7 Å². The third-order valence-corrected chi connectivity index (χ3v) is 4.88. The van der Waals surface area contributed by atoms with Gasteiger partial charge in [-0.3, -0.25) is 4.90 Å². The first kappa shape index (κ1) is 15.3. The number of alkyl halides is 1. The topological polar surface area (TPSA) is 6.48 Å². The highest BCUT2D eigenvalue weighted by molar-refractivity contribution is 9.10. The van der Waals surface area contributed by atoms with E-state index in [-0.39, 0.29) is 0 Å². The van der Waals surface area contributed by atoms with Crippen LogP contribution < -0.4 is 4.90 Å². The predicted octanol–water partition coefficient (Wildman–Crippen LogP) is 4.12. The molecule has 0 saturated carbocycles. The third kappa shape index (κ3) is 4.20. The Kier molecular flexibility index (Phi) is 5.72. The van der Waals surface area contributed by atoms with Crippen LogP contribution in [0, 0.1) is 5.92 Å². The lowest BCUT2D eigenvalue weighted by atomic mass is 10.1. The van der Waals surface area contributed by atoms with Gasteiger partial charge in [0.05, 0.1) is 0 Å². The van der Waals surface area contributed by atoms with Gasteiger partial charge in [-0.15, -0.1) is 0 Å². The molecule has 0 atom stereocenters. The van der Waals surface area contributed by atoms with Crippen molar-refractivity contribution in [2.75, 3.05) is 37.6 Å². The van der Waals surface area contributed by atoms with Crippen LogP contribution >= 0.6 is 31.9 Å². The molecule has 1 aromatic rings. The molecule has 0 N–H and O–H groups in total. The Morgan fingerprint density at radius 3 is 2.37 bits per heavy atom. The smallest absolute Gasteiger partial charge is 0.0378 e. The minimum Gasteiger partial charge on any atom is -0.369 e. The van der Waals surface area contributed by atoms with Crippen molar-refractivity contribution in [2.45, 2.75) is 19.2 Å². The maximum Gasteiger partial charge on any atom is 0.0378 e. The summed E-state index contributed by atoms with van der Waals surface area (Å²) in [5.41, 5.74) is 2.64. The maximum absolute atomic E-state index is 3.65. The molecule has 0 radical (unpaired) electrons. The fraction of sp³-hybridized carbons (Fsp3) is 0.600. The van der Waals surface area contributed by atoms with Crippen molar-refractivity contribution in [3.63, 3.8) is 0 Å². The number of hydrogen-bond donors (Lipinski definition) is 0. The number of benzene rings is 1. The Hall–Kier alpha value is -0.0600. The van der Waals surface area contributed by atoms with Gasteiger partial charge in [-0.2, -0.15) is 0 Å². The van der Waals surface area contributed by atoms with Crippen molar-refractivity contribution in [3.05, 3.63) is 28.2 Å². The summed E-state index contributed by atoms with van der Waals surface area (Å²) in [6, 6.07) is 6.68. The van der Waals surface area contributed by atoms with Crippen molar-refractivity contribution in [2.24, 2.45) is 5.92 Å². The fourth-order valence-corrected chi connectivity index (χ4v) is 3.92. The predicted molar refractivity (Wildman–Crippen MR) is 90.3 cm³/mol. The Balaban J connectivity index is 1.96. The largest absolute Gasteiger partial charge is 0.369 e. The van der Waals surface area contributed by atoms with Gasteiger partial charge in [0.25, 0.3) is 0 Å². The van der Waals surface area contributed by atoms with Crippen LogP contribution in [0.25, 0.3) is 0 Å². The number of nitrogens with zero attached hydrogens (tertiary/aromatic N) is 2. The summed E-state index contributed by atoms with van der Waals surface area (Å²) in [5, 5.41) is 0.899. The molecular formula is C15H22Br2N2. The van der Waals surface area contributed by atoms with Gasteiger partial charge in [0, 0.05) is 48.2 Å². The van der Waals surface area contributed by atoms with Gasteiger partial charge in [0.1, 0.15) is 0 Å². The quantitative estimate of drug-likeness (QED) is 0.714. The van der Waals surface area contributed by atoms with E-state index in [1.54, 1.807) is 0 Å². The van der Waals surface area contributed by atoms with Crippen molar-refractivity contribution >= 4 is 37.5 Å². The first-order chi connectivity index (χ1) is 9.10. The zero-order valence-electron chi connectivity index (χ0n) is 11.7. The SMILES string of the molecule is CC(C)CN1CCN(c2ccc(CBr)c(Br)c2)CC1. The van der Waals surface area contributed by atoms with Gasteiger partial charge >= 0.3 is 0 Å². The zero-order valence-corrected chi connectivity index (χ0v) is 14.9. The molecule has 19 heavy (non-hydrogen) atoms. The summed E-state index contributed by atoms with van der Waals surface area (Å²) in [4.78, 5) is 5.06. The van der Waals surface area contributed by atoms with E-state index in [4.69, 9.17) is 0 Å². The molecule has 2 nitrogen and oxygen atoms in total. The molecule has 1 aliphatic heterocycles. The van der Waals surface area contributed by atoms with E-state index in [0.717, 1.165) is 24.3 Å². The fourth-order valence-electron chi connectivity index (χ4n) is 2.55. The third-order valence-electron chi connectivity index (χ3n) is 3.54. The highest BCUT2D eigenvalue weighted by Gasteiger charge is 2.18. The number of halogens is 2. The number of piperazine rings is 1. The van der Waals surface area contributed by atoms with Crippen molar-refractivity contribution in [1.82, 2.24) is 4.90 Å². The van der Waals surface area contributed by atoms with Crippen LogP contribution in [0.1, 0.15) is 19.4 Å². The molecule has 106 valence electrons. The van der Waals surface area contributed by atoms with Gasteiger partial charge < -0.3 is 4.90 Å². The Morgan fingerprint density at radius 1 is 1.16 bits per heavy atom. The molecule has 1 heterocycles. The molecule has 0 amide bonds. The Bertz CT molecular complexity index is 413. The van der Waals surface area contributed by atoms with E-state index in [0.29, 0.717) is 0 Å². The van der Waals surface area contributed by atoms with Gasteiger partial charge in [-0.25, -0.2) is 0 Å². The summed E-state index contributed by atoms with van der Waals surface area (Å²) in [6.07, 6.45) is 0. The van der Waals surface area contributed by atoms with Crippen molar-refractivity contribution < 1.29 is 0 Å². The second-order valence-corrected chi connectivity index (χ2v) is 7.01. The van der Waals surface area contributed by atoms with Crippen LogP contribution in [0.5, 0.6) is 0 Å². The van der Waals surface area contributed by atoms with Crippen molar-refractivity contribution in [1.29, 1.82) is 0 Å². The minimum absolute atomic E-state index is 0.763. The molecule has 1 saturated heterocycles. The second kappa shape index (κ2) is 7.09. The molecule has 0 unspecified atom stereocenters. The van der Waals surface area contributed by atoms with Crippen LogP contribution in [-0.4, -0.2) is 37.6 Å². The van der Waals surface area contributed by atoms with Crippen LogP contribution in [-0.2, 0) is 5.33 Å². The Labute approximate surface area is 133 Å². The van der Waals surface area contributed by atoms with E-state index < -0.39 is 0 Å². The molecule has 0 bridgehead atoms. The first-order valence-corrected chi connectivity index (χ1v) is 8.83.